The number of rotatable bonds is 3. The van der Waals surface area contributed by atoms with E-state index in [0.29, 0.717) is 0 Å². The summed E-state index contributed by atoms with van der Waals surface area (Å²) in [5.41, 5.74) is 0. The average molecular weight is 272 g/mol. The quantitative estimate of drug-likeness (QED) is 0.775. The predicted octanol–water partition coefficient (Wildman–Crippen LogP) is 5.00. The van der Waals surface area contributed by atoms with Gasteiger partial charge in [-0.05, 0) is 25.1 Å². The Balaban J connectivity index is 2.48. The zero-order valence-corrected chi connectivity index (χ0v) is 13.5. The highest BCUT2D eigenvalue weighted by molar-refractivity contribution is 8.00. The van der Waals surface area contributed by atoms with E-state index in [1.54, 1.807) is 0 Å². The molecule has 1 rings (SSSR count). The normalized spacial score (nSPS) is 28.7. The molecule has 1 nitrogen and oxygen atoms in total. The zero-order valence-electron chi connectivity index (χ0n) is 12.7. The van der Waals surface area contributed by atoms with E-state index >= 15 is 0 Å². The molecule has 0 aromatic rings. The summed E-state index contributed by atoms with van der Waals surface area (Å²) in [6.07, 6.45) is 14.4. The van der Waals surface area contributed by atoms with Gasteiger partial charge in [0.15, 0.2) is 0 Å². The molecule has 0 amide bonds. The van der Waals surface area contributed by atoms with Crippen molar-refractivity contribution in [3.63, 3.8) is 0 Å². The highest BCUT2D eigenvalue weighted by atomic mass is 32.2. The fraction of sp³-hybridized carbons (Fsp3) is 1.00. The van der Waals surface area contributed by atoms with Gasteiger partial charge in [0, 0.05) is 11.3 Å². The van der Waals surface area contributed by atoms with Crippen LogP contribution in [-0.2, 0) is 0 Å². The van der Waals surface area contributed by atoms with Crippen LogP contribution in [0, 0.1) is 0 Å². The first-order valence-corrected chi connectivity index (χ1v) is 9.01. The topological polar surface area (TPSA) is 12.0 Å². The van der Waals surface area contributed by atoms with Gasteiger partial charge in [0.1, 0.15) is 0 Å². The largest absolute Gasteiger partial charge is 0.316 e. The maximum absolute atomic E-state index is 3.59. The minimum atomic E-state index is 0.733. The Kier molecular flexibility index (Phi) is 9.22. The number of thioether (sulfide) groups is 1. The van der Waals surface area contributed by atoms with Gasteiger partial charge in [-0.15, -0.1) is 0 Å². The maximum Gasteiger partial charge on any atom is 0.0203 e. The fourth-order valence-electron chi connectivity index (χ4n) is 3.00. The van der Waals surface area contributed by atoms with Gasteiger partial charge < -0.3 is 5.32 Å². The average Bonchev–Trinajstić information content (AvgIpc) is 2.32. The van der Waals surface area contributed by atoms with Crippen molar-refractivity contribution in [1.82, 2.24) is 5.32 Å². The molecule has 0 aromatic heterocycles. The number of hydrogen-bond donors (Lipinski definition) is 1. The van der Waals surface area contributed by atoms with Crippen LogP contribution in [0.15, 0.2) is 0 Å². The van der Waals surface area contributed by atoms with E-state index < -0.39 is 0 Å². The summed E-state index contributed by atoms with van der Waals surface area (Å²) in [5.74, 6) is 0. The summed E-state index contributed by atoms with van der Waals surface area (Å²) in [4.78, 5) is 0. The molecule has 0 bridgehead atoms. The van der Waals surface area contributed by atoms with Crippen molar-refractivity contribution in [3.8, 4) is 0 Å². The molecule has 0 aromatic carbocycles. The Hall–Kier alpha value is 0.310. The molecule has 0 radical (unpaired) electrons. The molecule has 0 aliphatic heterocycles. The highest BCUT2D eigenvalue weighted by Gasteiger charge is 2.21. The summed E-state index contributed by atoms with van der Waals surface area (Å²) in [6.45, 7) is 4.68. The second kappa shape index (κ2) is 10.1. The zero-order chi connectivity index (χ0) is 13.2. The first-order valence-electron chi connectivity index (χ1n) is 8.06. The van der Waals surface area contributed by atoms with Crippen LogP contribution in [0.2, 0.25) is 0 Å². The Bertz CT molecular complexity index is 194. The van der Waals surface area contributed by atoms with E-state index in [2.05, 4.69) is 38.0 Å². The first-order chi connectivity index (χ1) is 8.74. The molecule has 2 unspecified atom stereocenters. The van der Waals surface area contributed by atoms with Gasteiger partial charge in [-0.2, -0.15) is 11.8 Å². The molecule has 1 aliphatic carbocycles. The van der Waals surface area contributed by atoms with Crippen LogP contribution >= 0.6 is 11.8 Å². The minimum absolute atomic E-state index is 0.733. The lowest BCUT2D eigenvalue weighted by Crippen LogP contribution is -2.36. The molecule has 108 valence electrons. The van der Waals surface area contributed by atoms with Crippen LogP contribution < -0.4 is 5.32 Å². The van der Waals surface area contributed by atoms with Crippen molar-refractivity contribution >= 4 is 11.8 Å². The third kappa shape index (κ3) is 7.04. The van der Waals surface area contributed by atoms with Gasteiger partial charge in [0.05, 0.1) is 0 Å². The van der Waals surface area contributed by atoms with E-state index in [4.69, 9.17) is 0 Å². The summed E-state index contributed by atoms with van der Waals surface area (Å²) < 4.78 is 0. The van der Waals surface area contributed by atoms with Crippen LogP contribution in [0.5, 0.6) is 0 Å². The monoisotopic (exact) mass is 271 g/mol. The summed E-state index contributed by atoms with van der Waals surface area (Å²) in [6, 6.07) is 0.733. The molecule has 0 spiro atoms. The predicted molar refractivity (Wildman–Crippen MR) is 85.5 cm³/mol. The maximum atomic E-state index is 3.59. The van der Waals surface area contributed by atoms with Crippen LogP contribution in [0.1, 0.15) is 78.1 Å². The lowest BCUT2D eigenvalue weighted by Gasteiger charge is -2.28. The van der Waals surface area contributed by atoms with E-state index in [1.165, 1.54) is 64.2 Å². The van der Waals surface area contributed by atoms with E-state index in [1.807, 2.05) is 0 Å². The second-order valence-corrected chi connectivity index (χ2v) is 7.84. The third-order valence-corrected chi connectivity index (χ3v) is 5.48. The smallest absolute Gasteiger partial charge is 0.0203 e. The van der Waals surface area contributed by atoms with Gasteiger partial charge in [-0.25, -0.2) is 0 Å². The van der Waals surface area contributed by atoms with Crippen LogP contribution in [-0.4, -0.2) is 23.6 Å². The van der Waals surface area contributed by atoms with Crippen LogP contribution in [0.25, 0.3) is 0 Å². The van der Waals surface area contributed by atoms with Crippen molar-refractivity contribution < 1.29 is 0 Å². The molecule has 1 saturated carbocycles. The van der Waals surface area contributed by atoms with Crippen molar-refractivity contribution in [2.24, 2.45) is 0 Å². The fourth-order valence-corrected chi connectivity index (χ4v) is 4.46. The molecule has 0 saturated heterocycles. The SMILES string of the molecule is CNC1CCCCCCCCCCC1SC(C)C. The standard InChI is InChI=1S/C16H33NS/c1-14(2)18-16-13-11-9-7-5-4-6-8-10-12-15(16)17-3/h14-17H,4-13H2,1-3H3. The van der Waals surface area contributed by atoms with Crippen molar-refractivity contribution in [2.75, 3.05) is 7.05 Å². The van der Waals surface area contributed by atoms with Gasteiger partial charge in [-0.1, -0.05) is 65.2 Å². The molecule has 0 heterocycles. The lowest BCUT2D eigenvalue weighted by molar-refractivity contribution is 0.434. The molecule has 1 N–H and O–H groups in total. The molecule has 2 heteroatoms. The summed E-state index contributed by atoms with van der Waals surface area (Å²) in [5, 5.41) is 5.18. The summed E-state index contributed by atoms with van der Waals surface area (Å²) >= 11 is 2.20. The second-order valence-electron chi connectivity index (χ2n) is 6.02. The molecule has 1 aliphatic rings. The molecule has 1 fully saturated rings. The van der Waals surface area contributed by atoms with E-state index in [0.717, 1.165) is 16.5 Å². The van der Waals surface area contributed by atoms with Crippen molar-refractivity contribution in [2.45, 2.75) is 94.6 Å². The van der Waals surface area contributed by atoms with Crippen molar-refractivity contribution in [3.05, 3.63) is 0 Å². The molecule has 2 atom stereocenters. The third-order valence-electron chi connectivity index (χ3n) is 4.02. The minimum Gasteiger partial charge on any atom is -0.316 e. The van der Waals surface area contributed by atoms with Crippen molar-refractivity contribution in [1.29, 1.82) is 0 Å². The van der Waals surface area contributed by atoms with E-state index in [-0.39, 0.29) is 0 Å². The lowest BCUT2D eigenvalue weighted by atomic mass is 9.97. The van der Waals surface area contributed by atoms with Gasteiger partial charge in [0.2, 0.25) is 0 Å². The van der Waals surface area contributed by atoms with Crippen LogP contribution in [0.3, 0.4) is 0 Å². The molecular weight excluding hydrogens is 238 g/mol. The number of hydrogen-bond acceptors (Lipinski definition) is 2. The van der Waals surface area contributed by atoms with Gasteiger partial charge >= 0.3 is 0 Å². The molecule has 18 heavy (non-hydrogen) atoms. The Morgan fingerprint density at radius 2 is 1.33 bits per heavy atom. The Morgan fingerprint density at radius 1 is 0.833 bits per heavy atom. The Morgan fingerprint density at radius 3 is 1.83 bits per heavy atom. The van der Waals surface area contributed by atoms with Gasteiger partial charge in [0.25, 0.3) is 0 Å². The number of nitrogens with one attached hydrogen (secondary N) is 1. The Labute approximate surface area is 119 Å². The van der Waals surface area contributed by atoms with Crippen LogP contribution in [0.4, 0.5) is 0 Å². The first kappa shape index (κ1) is 16.4. The van der Waals surface area contributed by atoms with Gasteiger partial charge in [-0.3, -0.25) is 0 Å². The highest BCUT2D eigenvalue weighted by Crippen LogP contribution is 2.28. The molecular formula is C16H33NS. The van der Waals surface area contributed by atoms with E-state index in [9.17, 15) is 0 Å². The summed E-state index contributed by atoms with van der Waals surface area (Å²) in [7, 11) is 2.16.